The Morgan fingerprint density at radius 3 is 2.65 bits per heavy atom. The van der Waals surface area contributed by atoms with Gasteiger partial charge in [0.2, 0.25) is 10.0 Å². The lowest BCUT2D eigenvalue weighted by Gasteiger charge is -2.18. The fraction of sp³-hybridized carbons (Fsp3) is 0.538. The minimum absolute atomic E-state index is 0. The number of hydrogen-bond acceptors (Lipinski definition) is 3. The fourth-order valence-electron chi connectivity index (χ4n) is 3.24. The van der Waals surface area contributed by atoms with E-state index in [1.807, 2.05) is 0 Å². The highest BCUT2D eigenvalue weighted by Gasteiger charge is 2.44. The van der Waals surface area contributed by atoms with Crippen molar-refractivity contribution in [2.75, 3.05) is 13.1 Å². The van der Waals surface area contributed by atoms with E-state index < -0.39 is 10.0 Å². The Balaban J connectivity index is 0.00000147. The normalized spacial score (nSPS) is 30.0. The van der Waals surface area contributed by atoms with Crippen molar-refractivity contribution >= 4 is 34.0 Å². The van der Waals surface area contributed by atoms with E-state index in [2.05, 4.69) is 0 Å². The second kappa shape index (κ2) is 5.81. The number of nitrogens with two attached hydrogens (primary N) is 1. The quantitative estimate of drug-likeness (QED) is 0.899. The molecule has 112 valence electrons. The van der Waals surface area contributed by atoms with E-state index in [9.17, 15) is 8.42 Å². The summed E-state index contributed by atoms with van der Waals surface area (Å²) in [5, 5.41) is 0.442. The Labute approximate surface area is 130 Å². The molecule has 2 aliphatic rings. The van der Waals surface area contributed by atoms with Gasteiger partial charge in [-0.05, 0) is 42.9 Å². The topological polar surface area (TPSA) is 63.4 Å². The van der Waals surface area contributed by atoms with Crippen LogP contribution in [-0.2, 0) is 10.0 Å². The van der Waals surface area contributed by atoms with Crippen LogP contribution in [0.5, 0.6) is 0 Å². The fourth-order valence-corrected chi connectivity index (χ4v) is 5.08. The van der Waals surface area contributed by atoms with Crippen molar-refractivity contribution in [1.29, 1.82) is 0 Å². The number of benzene rings is 1. The van der Waals surface area contributed by atoms with Crippen molar-refractivity contribution in [1.82, 2.24) is 4.31 Å². The Hall–Kier alpha value is -0.330. The average Bonchev–Trinajstić information content (AvgIpc) is 2.92. The smallest absolute Gasteiger partial charge is 0.243 e. The zero-order chi connectivity index (χ0) is 13.6. The third-order valence-electron chi connectivity index (χ3n) is 4.31. The maximum absolute atomic E-state index is 12.6. The lowest BCUT2D eigenvalue weighted by Crippen LogP contribution is -2.33. The molecule has 1 saturated carbocycles. The molecule has 20 heavy (non-hydrogen) atoms. The number of hydrogen-bond donors (Lipinski definition) is 1. The third-order valence-corrected chi connectivity index (χ3v) is 6.38. The predicted molar refractivity (Wildman–Crippen MR) is 81.6 cm³/mol. The number of nitrogens with zero attached hydrogens (tertiary/aromatic N) is 1. The van der Waals surface area contributed by atoms with Gasteiger partial charge in [0.15, 0.2) is 0 Å². The highest BCUT2D eigenvalue weighted by Crippen LogP contribution is 2.39. The average molecular weight is 337 g/mol. The van der Waals surface area contributed by atoms with Crippen molar-refractivity contribution in [3.8, 4) is 0 Å². The first-order valence-electron chi connectivity index (χ1n) is 6.50. The molecule has 0 radical (unpaired) electrons. The van der Waals surface area contributed by atoms with Gasteiger partial charge in [-0.1, -0.05) is 17.7 Å². The van der Waals surface area contributed by atoms with Gasteiger partial charge in [0.05, 0.1) is 4.90 Å². The van der Waals surface area contributed by atoms with E-state index in [1.54, 1.807) is 22.5 Å². The Bertz CT molecular complexity index is 594. The van der Waals surface area contributed by atoms with Gasteiger partial charge in [0.1, 0.15) is 0 Å². The van der Waals surface area contributed by atoms with Crippen LogP contribution in [0.1, 0.15) is 12.8 Å². The number of fused-ring (bicyclic) bond motifs is 1. The standard InChI is InChI=1S/C13H17ClN2O2S.ClH/c14-10-2-1-3-11(6-10)19(17,18)16-7-9-4-5-13(15)12(9)8-16;/h1-3,6,9,12-13H,4-5,7-8,15H2;1H. The molecule has 0 amide bonds. The van der Waals surface area contributed by atoms with Crippen LogP contribution < -0.4 is 5.73 Å². The molecule has 1 aliphatic heterocycles. The molecular weight excluding hydrogens is 319 g/mol. The molecule has 1 heterocycles. The summed E-state index contributed by atoms with van der Waals surface area (Å²) in [6, 6.07) is 6.58. The predicted octanol–water partition coefficient (Wildman–Crippen LogP) is 2.12. The maximum atomic E-state index is 12.6. The van der Waals surface area contributed by atoms with Crippen LogP contribution in [0.2, 0.25) is 5.02 Å². The minimum atomic E-state index is -3.43. The summed E-state index contributed by atoms with van der Waals surface area (Å²) in [6.45, 7) is 1.13. The van der Waals surface area contributed by atoms with Gasteiger partial charge in [-0.2, -0.15) is 4.31 Å². The minimum Gasteiger partial charge on any atom is -0.327 e. The van der Waals surface area contributed by atoms with Gasteiger partial charge in [0, 0.05) is 24.2 Å². The SMILES string of the molecule is Cl.NC1CCC2CN(S(=O)(=O)c3cccc(Cl)c3)CC12. The van der Waals surface area contributed by atoms with Crippen molar-refractivity contribution in [2.45, 2.75) is 23.8 Å². The van der Waals surface area contributed by atoms with E-state index >= 15 is 0 Å². The zero-order valence-electron chi connectivity index (χ0n) is 10.9. The maximum Gasteiger partial charge on any atom is 0.243 e. The summed E-state index contributed by atoms with van der Waals surface area (Å²) in [5.41, 5.74) is 6.05. The molecule has 3 rings (SSSR count). The Morgan fingerprint density at radius 2 is 2.00 bits per heavy atom. The summed E-state index contributed by atoms with van der Waals surface area (Å²) in [5.74, 6) is 0.734. The molecule has 2 N–H and O–H groups in total. The molecule has 7 heteroatoms. The van der Waals surface area contributed by atoms with Gasteiger partial charge < -0.3 is 5.73 Å². The molecule has 0 bridgehead atoms. The van der Waals surface area contributed by atoms with Crippen molar-refractivity contribution in [3.05, 3.63) is 29.3 Å². The van der Waals surface area contributed by atoms with Crippen LogP contribution in [0.4, 0.5) is 0 Å². The van der Waals surface area contributed by atoms with Crippen molar-refractivity contribution in [2.24, 2.45) is 17.6 Å². The summed E-state index contributed by atoms with van der Waals surface area (Å²) >= 11 is 5.87. The molecule has 1 saturated heterocycles. The van der Waals surface area contributed by atoms with E-state index in [0.717, 1.165) is 12.8 Å². The van der Waals surface area contributed by atoms with Crippen LogP contribution in [-0.4, -0.2) is 31.9 Å². The third kappa shape index (κ3) is 2.70. The molecule has 3 atom stereocenters. The van der Waals surface area contributed by atoms with Gasteiger partial charge in [0.25, 0.3) is 0 Å². The van der Waals surface area contributed by atoms with Gasteiger partial charge in [-0.15, -0.1) is 12.4 Å². The highest BCUT2D eigenvalue weighted by atomic mass is 35.5. The largest absolute Gasteiger partial charge is 0.327 e. The number of halogens is 2. The number of rotatable bonds is 2. The van der Waals surface area contributed by atoms with Crippen LogP contribution in [0.25, 0.3) is 0 Å². The van der Waals surface area contributed by atoms with E-state index in [-0.39, 0.29) is 23.3 Å². The van der Waals surface area contributed by atoms with E-state index in [0.29, 0.717) is 29.9 Å². The first kappa shape index (κ1) is 16.0. The molecule has 0 spiro atoms. The second-order valence-corrected chi connectivity index (χ2v) is 7.82. The summed E-state index contributed by atoms with van der Waals surface area (Å²) in [4.78, 5) is 0.272. The highest BCUT2D eigenvalue weighted by molar-refractivity contribution is 7.89. The van der Waals surface area contributed by atoms with E-state index in [1.165, 1.54) is 6.07 Å². The van der Waals surface area contributed by atoms with Gasteiger partial charge in [-0.25, -0.2) is 8.42 Å². The summed E-state index contributed by atoms with van der Waals surface area (Å²) in [6.07, 6.45) is 2.05. The summed E-state index contributed by atoms with van der Waals surface area (Å²) in [7, 11) is -3.43. The molecule has 0 aromatic heterocycles. The Kier molecular flexibility index (Phi) is 4.66. The monoisotopic (exact) mass is 336 g/mol. The molecule has 1 aliphatic carbocycles. The first-order chi connectivity index (χ1) is 8.98. The van der Waals surface area contributed by atoms with Crippen LogP contribution >= 0.6 is 24.0 Å². The molecule has 1 aromatic rings. The lowest BCUT2D eigenvalue weighted by molar-refractivity contribution is 0.427. The number of sulfonamides is 1. The molecule has 2 fully saturated rings. The Morgan fingerprint density at radius 1 is 1.25 bits per heavy atom. The van der Waals surface area contributed by atoms with E-state index in [4.69, 9.17) is 17.3 Å². The summed E-state index contributed by atoms with van der Waals surface area (Å²) < 4.78 is 26.7. The van der Waals surface area contributed by atoms with Gasteiger partial charge >= 0.3 is 0 Å². The van der Waals surface area contributed by atoms with Crippen LogP contribution in [0.3, 0.4) is 0 Å². The van der Waals surface area contributed by atoms with Crippen LogP contribution in [0.15, 0.2) is 29.2 Å². The van der Waals surface area contributed by atoms with Gasteiger partial charge in [-0.3, -0.25) is 0 Å². The second-order valence-electron chi connectivity index (χ2n) is 5.44. The molecule has 3 unspecified atom stereocenters. The lowest BCUT2D eigenvalue weighted by atomic mass is 9.98. The van der Waals surface area contributed by atoms with Crippen molar-refractivity contribution < 1.29 is 8.42 Å². The molecular formula is C13H18Cl2N2O2S. The first-order valence-corrected chi connectivity index (χ1v) is 8.31. The molecule has 1 aromatic carbocycles. The zero-order valence-corrected chi connectivity index (χ0v) is 13.3. The van der Waals surface area contributed by atoms with Crippen molar-refractivity contribution in [3.63, 3.8) is 0 Å². The molecule has 4 nitrogen and oxygen atoms in total. The van der Waals surface area contributed by atoms with Crippen LogP contribution in [0, 0.1) is 11.8 Å².